The van der Waals surface area contributed by atoms with Gasteiger partial charge < -0.3 is 5.32 Å². The highest BCUT2D eigenvalue weighted by Crippen LogP contribution is 2.28. The Kier molecular flexibility index (Phi) is 5.62. The fourth-order valence-electron chi connectivity index (χ4n) is 2.86. The number of benzene rings is 1. The third-order valence-electron chi connectivity index (χ3n) is 4.34. The number of nitrogens with zero attached hydrogens (tertiary/aromatic N) is 1. The molecule has 0 radical (unpaired) electrons. The molecule has 0 bridgehead atoms. The topological polar surface area (TPSA) is 15.3 Å². The number of rotatable bonds is 8. The predicted octanol–water partition coefficient (Wildman–Crippen LogP) is 3.94. The minimum atomic E-state index is 0.460. The van der Waals surface area contributed by atoms with E-state index >= 15 is 0 Å². The molecule has 0 heterocycles. The van der Waals surface area contributed by atoms with Gasteiger partial charge in [-0.05, 0) is 43.0 Å². The molecule has 1 fully saturated rings. The van der Waals surface area contributed by atoms with Crippen LogP contribution in [0.2, 0.25) is 0 Å². The van der Waals surface area contributed by atoms with Gasteiger partial charge in [-0.2, -0.15) is 0 Å². The van der Waals surface area contributed by atoms with Crippen LogP contribution in [0.25, 0.3) is 0 Å². The van der Waals surface area contributed by atoms with E-state index in [2.05, 4.69) is 62.2 Å². The summed E-state index contributed by atoms with van der Waals surface area (Å²) in [5.41, 5.74) is 2.86. The van der Waals surface area contributed by atoms with Crippen molar-refractivity contribution in [3.8, 4) is 0 Å². The van der Waals surface area contributed by atoms with Crippen LogP contribution >= 0.6 is 0 Å². The second kappa shape index (κ2) is 7.24. The second-order valence-electron chi connectivity index (χ2n) is 6.25. The molecule has 1 unspecified atom stereocenters. The first-order valence-corrected chi connectivity index (χ1v) is 8.23. The van der Waals surface area contributed by atoms with Gasteiger partial charge >= 0.3 is 0 Å². The molecule has 1 N–H and O–H groups in total. The van der Waals surface area contributed by atoms with Crippen LogP contribution in [0.5, 0.6) is 0 Å². The monoisotopic (exact) mass is 274 g/mol. The third-order valence-corrected chi connectivity index (χ3v) is 4.34. The molecule has 0 amide bonds. The van der Waals surface area contributed by atoms with E-state index in [1.54, 1.807) is 0 Å². The molecule has 2 rings (SSSR count). The van der Waals surface area contributed by atoms with Gasteiger partial charge in [-0.3, -0.25) is 4.90 Å². The van der Waals surface area contributed by atoms with Crippen molar-refractivity contribution in [3.05, 3.63) is 35.4 Å². The number of likely N-dealkylation sites (N-methyl/N-ethyl adjacent to an activating group) is 2. The zero-order chi connectivity index (χ0) is 14.5. The number of nitrogens with one attached hydrogen (secondary N) is 1. The van der Waals surface area contributed by atoms with E-state index in [1.165, 1.54) is 24.0 Å². The molecular weight excluding hydrogens is 244 g/mol. The van der Waals surface area contributed by atoms with Crippen molar-refractivity contribution < 1.29 is 0 Å². The Morgan fingerprint density at radius 3 is 2.15 bits per heavy atom. The molecule has 1 atom stereocenters. The summed E-state index contributed by atoms with van der Waals surface area (Å²) in [7, 11) is 0. The van der Waals surface area contributed by atoms with Crippen molar-refractivity contribution >= 4 is 0 Å². The van der Waals surface area contributed by atoms with Gasteiger partial charge in [0, 0.05) is 18.6 Å². The molecule has 1 aliphatic rings. The minimum Gasteiger partial charge on any atom is -0.309 e. The lowest BCUT2D eigenvalue weighted by molar-refractivity contribution is 0.245. The van der Waals surface area contributed by atoms with Crippen molar-refractivity contribution in [1.82, 2.24) is 10.2 Å². The molecular formula is C18H30N2. The summed E-state index contributed by atoms with van der Waals surface area (Å²) in [4.78, 5) is 2.63. The van der Waals surface area contributed by atoms with Crippen LogP contribution in [0.15, 0.2) is 24.3 Å². The Labute approximate surface area is 124 Å². The van der Waals surface area contributed by atoms with Gasteiger partial charge in [0.1, 0.15) is 0 Å². The van der Waals surface area contributed by atoms with Gasteiger partial charge in [0.15, 0.2) is 0 Å². The van der Waals surface area contributed by atoms with Gasteiger partial charge in [-0.15, -0.1) is 0 Å². The predicted molar refractivity (Wildman–Crippen MR) is 87.2 cm³/mol. The zero-order valence-electron chi connectivity index (χ0n) is 13.5. The van der Waals surface area contributed by atoms with E-state index in [1.807, 2.05) is 0 Å². The largest absolute Gasteiger partial charge is 0.309 e. The van der Waals surface area contributed by atoms with Crippen LogP contribution in [0.1, 0.15) is 63.6 Å². The van der Waals surface area contributed by atoms with E-state index in [0.29, 0.717) is 12.0 Å². The van der Waals surface area contributed by atoms with E-state index in [0.717, 1.165) is 25.7 Å². The van der Waals surface area contributed by atoms with Crippen molar-refractivity contribution in [3.63, 3.8) is 0 Å². The minimum absolute atomic E-state index is 0.460. The van der Waals surface area contributed by atoms with Crippen molar-refractivity contribution in [2.45, 2.75) is 58.5 Å². The Morgan fingerprint density at radius 2 is 1.70 bits per heavy atom. The zero-order valence-corrected chi connectivity index (χ0v) is 13.5. The average Bonchev–Trinajstić information content (AvgIpc) is 3.28. The van der Waals surface area contributed by atoms with Crippen molar-refractivity contribution in [2.24, 2.45) is 0 Å². The van der Waals surface area contributed by atoms with Gasteiger partial charge in [0.2, 0.25) is 0 Å². The summed E-state index contributed by atoms with van der Waals surface area (Å²) in [6.07, 6.45) is 2.78. The van der Waals surface area contributed by atoms with Crippen LogP contribution in [-0.4, -0.2) is 30.6 Å². The Bertz CT molecular complexity index is 392. The van der Waals surface area contributed by atoms with Crippen LogP contribution in [0.3, 0.4) is 0 Å². The average molecular weight is 274 g/mol. The summed E-state index contributed by atoms with van der Waals surface area (Å²) in [6.45, 7) is 12.3. The van der Waals surface area contributed by atoms with Crippen LogP contribution in [0.4, 0.5) is 0 Å². The molecule has 20 heavy (non-hydrogen) atoms. The molecule has 0 aromatic heterocycles. The van der Waals surface area contributed by atoms with Gasteiger partial charge in [0.05, 0.1) is 0 Å². The molecule has 112 valence electrons. The Balaban J connectivity index is 2.06. The number of hydrogen-bond acceptors (Lipinski definition) is 2. The molecule has 2 nitrogen and oxygen atoms in total. The van der Waals surface area contributed by atoms with Gasteiger partial charge in [0.25, 0.3) is 0 Å². The molecule has 0 spiro atoms. The van der Waals surface area contributed by atoms with Crippen LogP contribution in [-0.2, 0) is 0 Å². The summed E-state index contributed by atoms with van der Waals surface area (Å²) in [5, 5.41) is 3.65. The van der Waals surface area contributed by atoms with E-state index in [4.69, 9.17) is 0 Å². The Hall–Kier alpha value is -0.860. The standard InChI is InChI=1S/C18H30N2/c1-5-19-18(13-20(6-2)17-11-12-17)16-9-7-15(8-10-16)14(3)4/h7-10,14,17-19H,5-6,11-13H2,1-4H3. The molecule has 1 aromatic carbocycles. The van der Waals surface area contributed by atoms with Crippen molar-refractivity contribution in [1.29, 1.82) is 0 Å². The maximum absolute atomic E-state index is 3.65. The summed E-state index contributed by atoms with van der Waals surface area (Å²) in [6, 6.07) is 10.5. The second-order valence-corrected chi connectivity index (χ2v) is 6.25. The lowest BCUT2D eigenvalue weighted by Crippen LogP contribution is -2.36. The maximum atomic E-state index is 3.65. The van der Waals surface area contributed by atoms with Gasteiger partial charge in [-0.1, -0.05) is 52.0 Å². The first-order valence-electron chi connectivity index (χ1n) is 8.23. The SMILES string of the molecule is CCNC(CN(CC)C1CC1)c1ccc(C(C)C)cc1. The van der Waals surface area contributed by atoms with Crippen LogP contribution in [0, 0.1) is 0 Å². The van der Waals surface area contributed by atoms with E-state index in [-0.39, 0.29) is 0 Å². The quantitative estimate of drug-likeness (QED) is 0.772. The Morgan fingerprint density at radius 1 is 1.10 bits per heavy atom. The van der Waals surface area contributed by atoms with E-state index in [9.17, 15) is 0 Å². The van der Waals surface area contributed by atoms with Crippen molar-refractivity contribution in [2.75, 3.05) is 19.6 Å². The maximum Gasteiger partial charge on any atom is 0.0449 e. The van der Waals surface area contributed by atoms with E-state index < -0.39 is 0 Å². The normalized spacial score (nSPS) is 16.9. The molecule has 2 heteroatoms. The highest BCUT2D eigenvalue weighted by atomic mass is 15.2. The lowest BCUT2D eigenvalue weighted by Gasteiger charge is -2.27. The molecule has 0 saturated heterocycles. The molecule has 1 aliphatic carbocycles. The molecule has 1 aromatic rings. The highest BCUT2D eigenvalue weighted by Gasteiger charge is 2.29. The van der Waals surface area contributed by atoms with Crippen LogP contribution < -0.4 is 5.32 Å². The fourth-order valence-corrected chi connectivity index (χ4v) is 2.86. The lowest BCUT2D eigenvalue weighted by atomic mass is 9.98. The first kappa shape index (κ1) is 15.5. The third kappa shape index (κ3) is 4.07. The summed E-state index contributed by atoms with van der Waals surface area (Å²) >= 11 is 0. The first-order chi connectivity index (χ1) is 9.65. The molecule has 1 saturated carbocycles. The van der Waals surface area contributed by atoms with Gasteiger partial charge in [-0.25, -0.2) is 0 Å². The highest BCUT2D eigenvalue weighted by molar-refractivity contribution is 5.27. The number of hydrogen-bond donors (Lipinski definition) is 1. The smallest absolute Gasteiger partial charge is 0.0449 e. The summed E-state index contributed by atoms with van der Waals surface area (Å²) in [5.74, 6) is 0.611. The summed E-state index contributed by atoms with van der Waals surface area (Å²) < 4.78 is 0. The fraction of sp³-hybridized carbons (Fsp3) is 0.667. The molecule has 0 aliphatic heterocycles.